The lowest BCUT2D eigenvalue weighted by Gasteiger charge is -2.24. The minimum Gasteiger partial charge on any atom is -0.356 e. The number of nitrogens with zero attached hydrogens (tertiary/aromatic N) is 1. The molecule has 0 unspecified atom stereocenters. The first-order valence-electron chi connectivity index (χ1n) is 7.66. The highest BCUT2D eigenvalue weighted by molar-refractivity contribution is 7.99. The number of H-pyrrole nitrogens is 1. The summed E-state index contributed by atoms with van der Waals surface area (Å²) in [5.41, 5.74) is 1.23. The molecule has 2 aromatic rings. The number of hydrogen-bond donors (Lipinski definition) is 2. The molecule has 0 aliphatic carbocycles. The smallest absolute Gasteiger partial charge is 0.268 e. The minimum absolute atomic E-state index is 0.138. The predicted octanol–water partition coefficient (Wildman–Crippen LogP) is 1.68. The molecule has 0 radical (unpaired) electrons. The van der Waals surface area contributed by atoms with Crippen molar-refractivity contribution in [2.45, 2.75) is 11.4 Å². The van der Waals surface area contributed by atoms with Gasteiger partial charge in [0.15, 0.2) is 0 Å². The van der Waals surface area contributed by atoms with Gasteiger partial charge in [0.2, 0.25) is 10.0 Å². The van der Waals surface area contributed by atoms with Crippen LogP contribution in [0, 0.1) is 0 Å². The van der Waals surface area contributed by atoms with Gasteiger partial charge in [0.25, 0.3) is 5.91 Å². The molecule has 6 nitrogen and oxygen atoms in total. The second-order valence-corrected chi connectivity index (χ2v) is 8.60. The molecular weight excluding hydrogens is 346 g/mol. The van der Waals surface area contributed by atoms with Gasteiger partial charge in [-0.2, -0.15) is 16.1 Å². The Labute approximate surface area is 145 Å². The van der Waals surface area contributed by atoms with Gasteiger partial charge in [-0.3, -0.25) is 4.79 Å². The van der Waals surface area contributed by atoms with Crippen LogP contribution in [0.1, 0.15) is 16.1 Å². The van der Waals surface area contributed by atoms with E-state index in [-0.39, 0.29) is 16.5 Å². The van der Waals surface area contributed by atoms with Gasteiger partial charge < -0.3 is 10.3 Å². The third-order valence-corrected chi connectivity index (χ3v) is 6.62. The van der Waals surface area contributed by atoms with E-state index in [0.29, 0.717) is 19.6 Å². The normalized spacial score (nSPS) is 16.0. The van der Waals surface area contributed by atoms with Crippen molar-refractivity contribution in [1.29, 1.82) is 0 Å². The van der Waals surface area contributed by atoms with Gasteiger partial charge in [-0.1, -0.05) is 30.3 Å². The van der Waals surface area contributed by atoms with Crippen molar-refractivity contribution in [3.8, 4) is 0 Å². The van der Waals surface area contributed by atoms with Crippen LogP contribution in [0.4, 0.5) is 0 Å². The molecule has 0 saturated carbocycles. The summed E-state index contributed by atoms with van der Waals surface area (Å²) in [6.45, 7) is 1.41. The Morgan fingerprint density at radius 1 is 1.21 bits per heavy atom. The molecule has 8 heteroatoms. The van der Waals surface area contributed by atoms with E-state index in [1.807, 2.05) is 30.3 Å². The van der Waals surface area contributed by atoms with Crippen LogP contribution in [0.5, 0.6) is 0 Å². The summed E-state index contributed by atoms with van der Waals surface area (Å²) in [4.78, 5) is 15.1. The molecule has 128 valence electrons. The van der Waals surface area contributed by atoms with Crippen LogP contribution < -0.4 is 5.32 Å². The Bertz CT molecular complexity index is 797. The van der Waals surface area contributed by atoms with Crippen LogP contribution >= 0.6 is 11.8 Å². The SMILES string of the molecule is O=C(NCc1ccccc1)c1cc(S(=O)(=O)N2CCSCC2)c[nH]1. The Morgan fingerprint density at radius 3 is 2.62 bits per heavy atom. The molecule has 1 aliphatic rings. The molecule has 1 aromatic heterocycles. The number of thioether (sulfide) groups is 1. The fourth-order valence-corrected chi connectivity index (χ4v) is 5.03. The van der Waals surface area contributed by atoms with Crippen LogP contribution in [-0.2, 0) is 16.6 Å². The van der Waals surface area contributed by atoms with E-state index in [0.717, 1.165) is 17.1 Å². The number of carbonyl (C=O) groups is 1. The Hall–Kier alpha value is -1.77. The van der Waals surface area contributed by atoms with Crippen LogP contribution in [-0.4, -0.2) is 48.2 Å². The zero-order valence-corrected chi connectivity index (χ0v) is 14.7. The number of aromatic nitrogens is 1. The lowest BCUT2D eigenvalue weighted by Crippen LogP contribution is -2.37. The first-order valence-corrected chi connectivity index (χ1v) is 10.3. The predicted molar refractivity (Wildman–Crippen MR) is 94.5 cm³/mol. The number of hydrogen-bond acceptors (Lipinski definition) is 4. The first kappa shape index (κ1) is 17.1. The van der Waals surface area contributed by atoms with Crippen LogP contribution in [0.15, 0.2) is 47.5 Å². The molecule has 0 spiro atoms. The fourth-order valence-electron chi connectivity index (χ4n) is 2.46. The summed E-state index contributed by atoms with van der Waals surface area (Å²) >= 11 is 1.75. The highest BCUT2D eigenvalue weighted by Gasteiger charge is 2.27. The largest absolute Gasteiger partial charge is 0.356 e. The van der Waals surface area contributed by atoms with Gasteiger partial charge in [-0.25, -0.2) is 8.42 Å². The van der Waals surface area contributed by atoms with Gasteiger partial charge in [-0.05, 0) is 11.6 Å². The van der Waals surface area contributed by atoms with Crippen molar-refractivity contribution in [3.63, 3.8) is 0 Å². The summed E-state index contributed by atoms with van der Waals surface area (Å²) in [5, 5.41) is 2.78. The first-order chi connectivity index (χ1) is 11.6. The van der Waals surface area contributed by atoms with E-state index in [1.165, 1.54) is 16.6 Å². The molecule has 2 heterocycles. The maximum Gasteiger partial charge on any atom is 0.268 e. The van der Waals surface area contributed by atoms with Gasteiger partial charge in [-0.15, -0.1) is 0 Å². The van der Waals surface area contributed by atoms with Crippen molar-refractivity contribution in [2.24, 2.45) is 0 Å². The molecule has 2 N–H and O–H groups in total. The van der Waals surface area contributed by atoms with Crippen molar-refractivity contribution < 1.29 is 13.2 Å². The van der Waals surface area contributed by atoms with E-state index in [1.54, 1.807) is 11.8 Å². The topological polar surface area (TPSA) is 82.3 Å². The van der Waals surface area contributed by atoms with Crippen molar-refractivity contribution in [1.82, 2.24) is 14.6 Å². The Balaban J connectivity index is 1.67. The molecule has 0 bridgehead atoms. The van der Waals surface area contributed by atoms with E-state index in [9.17, 15) is 13.2 Å². The average molecular weight is 365 g/mol. The molecule has 1 fully saturated rings. The number of amides is 1. The van der Waals surface area contributed by atoms with Crippen LogP contribution in [0.2, 0.25) is 0 Å². The van der Waals surface area contributed by atoms with E-state index < -0.39 is 10.0 Å². The molecule has 1 aliphatic heterocycles. The number of nitrogens with one attached hydrogen (secondary N) is 2. The molecule has 1 amide bonds. The van der Waals surface area contributed by atoms with Gasteiger partial charge in [0.05, 0.1) is 0 Å². The zero-order valence-electron chi connectivity index (χ0n) is 13.1. The van der Waals surface area contributed by atoms with Crippen LogP contribution in [0.25, 0.3) is 0 Å². The quantitative estimate of drug-likeness (QED) is 0.845. The monoisotopic (exact) mass is 365 g/mol. The fraction of sp³-hybridized carbons (Fsp3) is 0.312. The van der Waals surface area contributed by atoms with Gasteiger partial charge in [0.1, 0.15) is 10.6 Å². The second kappa shape index (κ2) is 7.42. The number of rotatable bonds is 5. The number of sulfonamides is 1. The van der Waals surface area contributed by atoms with E-state index >= 15 is 0 Å². The van der Waals surface area contributed by atoms with E-state index in [4.69, 9.17) is 0 Å². The van der Waals surface area contributed by atoms with Gasteiger partial charge >= 0.3 is 0 Å². The lowest BCUT2D eigenvalue weighted by molar-refractivity contribution is 0.0946. The summed E-state index contributed by atoms with van der Waals surface area (Å²) in [5.74, 6) is 1.27. The van der Waals surface area contributed by atoms with E-state index in [2.05, 4.69) is 10.3 Å². The highest BCUT2D eigenvalue weighted by Crippen LogP contribution is 2.20. The molecule has 1 saturated heterocycles. The van der Waals surface area contributed by atoms with Crippen molar-refractivity contribution in [3.05, 3.63) is 53.9 Å². The lowest BCUT2D eigenvalue weighted by atomic mass is 10.2. The summed E-state index contributed by atoms with van der Waals surface area (Å²) in [7, 11) is -3.53. The molecule has 3 rings (SSSR count). The third-order valence-electron chi connectivity index (χ3n) is 3.80. The van der Waals surface area contributed by atoms with Crippen molar-refractivity contribution in [2.75, 3.05) is 24.6 Å². The summed E-state index contributed by atoms with van der Waals surface area (Å²) in [6, 6.07) is 10.9. The highest BCUT2D eigenvalue weighted by atomic mass is 32.2. The minimum atomic E-state index is -3.53. The van der Waals surface area contributed by atoms with Crippen molar-refractivity contribution >= 4 is 27.7 Å². The molecule has 24 heavy (non-hydrogen) atoms. The molecule has 0 atom stereocenters. The average Bonchev–Trinajstić information content (AvgIpc) is 3.12. The number of aromatic amines is 1. The molecule has 1 aromatic carbocycles. The standard InChI is InChI=1S/C16H19N3O3S2/c20-16(18-11-13-4-2-1-3-5-13)15-10-14(12-17-15)24(21,22)19-6-8-23-9-7-19/h1-5,10,12,17H,6-9,11H2,(H,18,20). The molecular formula is C16H19N3O3S2. The third kappa shape index (κ3) is 3.82. The Kier molecular flexibility index (Phi) is 5.27. The maximum absolute atomic E-state index is 12.6. The maximum atomic E-state index is 12.6. The van der Waals surface area contributed by atoms with Crippen LogP contribution in [0.3, 0.4) is 0 Å². The van der Waals surface area contributed by atoms with Gasteiger partial charge in [0, 0.05) is 37.3 Å². The summed E-state index contributed by atoms with van der Waals surface area (Å²) in [6.07, 6.45) is 1.38. The zero-order chi connectivity index (χ0) is 17.0. The number of benzene rings is 1. The summed E-state index contributed by atoms with van der Waals surface area (Å²) < 4.78 is 26.6. The number of carbonyl (C=O) groups excluding carboxylic acids is 1. The second-order valence-electron chi connectivity index (χ2n) is 5.43. The Morgan fingerprint density at radius 2 is 1.92 bits per heavy atom.